The van der Waals surface area contributed by atoms with E-state index in [9.17, 15) is 0 Å². The van der Waals surface area contributed by atoms with Crippen molar-refractivity contribution in [1.82, 2.24) is 9.80 Å². The highest BCUT2D eigenvalue weighted by Crippen LogP contribution is 2.05. The summed E-state index contributed by atoms with van der Waals surface area (Å²) in [6.07, 6.45) is 4.01. The van der Waals surface area contributed by atoms with E-state index >= 15 is 0 Å². The lowest BCUT2D eigenvalue weighted by molar-refractivity contribution is 0.119. The van der Waals surface area contributed by atoms with Crippen LogP contribution in [-0.4, -0.2) is 67.0 Å². The van der Waals surface area contributed by atoms with Gasteiger partial charge in [-0.05, 0) is 19.4 Å². The first-order chi connectivity index (χ1) is 8.65. The molecule has 1 saturated heterocycles. The molecule has 1 heterocycles. The maximum absolute atomic E-state index is 8.90. The molecule has 0 aliphatic carbocycles. The predicted molar refractivity (Wildman–Crippen MR) is 77.0 cm³/mol. The van der Waals surface area contributed by atoms with Crippen molar-refractivity contribution in [3.05, 3.63) is 23.9 Å². The third kappa shape index (κ3) is 5.58. The summed E-state index contributed by atoms with van der Waals surface area (Å²) in [7, 11) is 0. The summed E-state index contributed by atoms with van der Waals surface area (Å²) < 4.78 is 0. The quantitative estimate of drug-likeness (QED) is 0.720. The fraction of sp³-hybridized carbons (Fsp3) is 0.643. The summed E-state index contributed by atoms with van der Waals surface area (Å²) in [6.45, 7) is 13.9. The van der Waals surface area contributed by atoms with E-state index in [0.29, 0.717) is 0 Å². The van der Waals surface area contributed by atoms with E-state index in [0.717, 1.165) is 45.0 Å². The molecule has 0 aromatic rings. The monoisotopic (exact) mass is 251 g/mol. The zero-order chi connectivity index (χ0) is 13.4. The molecule has 0 aromatic carbocycles. The molecule has 1 aliphatic rings. The van der Waals surface area contributed by atoms with Crippen molar-refractivity contribution in [2.75, 3.05) is 45.9 Å². The Morgan fingerprint density at radius 1 is 1.28 bits per heavy atom. The summed E-state index contributed by atoms with van der Waals surface area (Å²) in [6, 6.07) is 0. The summed E-state index contributed by atoms with van der Waals surface area (Å²) in [4.78, 5) is 8.97. The number of aliphatic imine (C=N–C) groups is 1. The van der Waals surface area contributed by atoms with Crippen LogP contribution >= 0.6 is 0 Å². The lowest BCUT2D eigenvalue weighted by Gasteiger charge is -2.34. The number of β-amino-alcohol motifs (C(OH)–C–C–N with tert-alkyl or cyclic N) is 1. The SMILES string of the molecule is C=C(C)N=C/C(=C\C)CN1CCN(CCO)CC1. The minimum absolute atomic E-state index is 0.255. The third-order valence-corrected chi connectivity index (χ3v) is 3.11. The van der Waals surface area contributed by atoms with E-state index < -0.39 is 0 Å². The first-order valence-corrected chi connectivity index (χ1v) is 6.56. The molecular weight excluding hydrogens is 226 g/mol. The van der Waals surface area contributed by atoms with Crippen LogP contribution in [0.5, 0.6) is 0 Å². The predicted octanol–water partition coefficient (Wildman–Crippen LogP) is 1.15. The van der Waals surface area contributed by atoms with E-state index in [1.807, 2.05) is 20.1 Å². The molecule has 0 aromatic heterocycles. The Morgan fingerprint density at radius 3 is 2.39 bits per heavy atom. The van der Waals surface area contributed by atoms with Crippen LogP contribution in [0.25, 0.3) is 0 Å². The van der Waals surface area contributed by atoms with Gasteiger partial charge in [-0.2, -0.15) is 0 Å². The third-order valence-electron chi connectivity index (χ3n) is 3.11. The topological polar surface area (TPSA) is 39.1 Å². The highest BCUT2D eigenvalue weighted by atomic mass is 16.3. The van der Waals surface area contributed by atoms with Gasteiger partial charge in [-0.1, -0.05) is 12.7 Å². The molecule has 0 saturated carbocycles. The molecule has 1 aliphatic heterocycles. The van der Waals surface area contributed by atoms with Crippen molar-refractivity contribution < 1.29 is 5.11 Å². The van der Waals surface area contributed by atoms with E-state index in [1.165, 1.54) is 5.57 Å². The summed E-state index contributed by atoms with van der Waals surface area (Å²) >= 11 is 0. The highest BCUT2D eigenvalue weighted by Gasteiger charge is 2.16. The van der Waals surface area contributed by atoms with Crippen LogP contribution in [0.15, 0.2) is 28.9 Å². The number of allylic oxidation sites excluding steroid dienone is 2. The molecule has 0 amide bonds. The van der Waals surface area contributed by atoms with Gasteiger partial charge in [0.2, 0.25) is 0 Å². The number of hydrogen-bond acceptors (Lipinski definition) is 4. The Bertz CT molecular complexity index is 315. The highest BCUT2D eigenvalue weighted by molar-refractivity contribution is 5.79. The fourth-order valence-corrected chi connectivity index (χ4v) is 1.97. The number of piperazine rings is 1. The van der Waals surface area contributed by atoms with Gasteiger partial charge < -0.3 is 5.11 Å². The molecular formula is C14H25N3O. The van der Waals surface area contributed by atoms with Crippen LogP contribution in [0, 0.1) is 0 Å². The number of hydrogen-bond donors (Lipinski definition) is 1. The molecule has 4 heteroatoms. The minimum Gasteiger partial charge on any atom is -0.395 e. The molecule has 1 N–H and O–H groups in total. The fourth-order valence-electron chi connectivity index (χ4n) is 1.97. The lowest BCUT2D eigenvalue weighted by atomic mass is 10.2. The lowest BCUT2D eigenvalue weighted by Crippen LogP contribution is -2.47. The van der Waals surface area contributed by atoms with Crippen molar-refractivity contribution in [3.8, 4) is 0 Å². The minimum atomic E-state index is 0.255. The van der Waals surface area contributed by atoms with Crippen LogP contribution in [-0.2, 0) is 0 Å². The standard InChI is InChI=1S/C14H25N3O/c1-4-14(11-15-13(2)3)12-17-7-5-16(6-8-17)9-10-18/h4,11,18H,2,5-10,12H2,1,3H3/b14-4+,15-11?. The summed E-state index contributed by atoms with van der Waals surface area (Å²) in [5, 5.41) is 8.90. The van der Waals surface area contributed by atoms with Gasteiger partial charge in [0.15, 0.2) is 0 Å². The Morgan fingerprint density at radius 2 is 1.89 bits per heavy atom. The molecule has 0 unspecified atom stereocenters. The van der Waals surface area contributed by atoms with E-state index in [1.54, 1.807) is 0 Å². The van der Waals surface area contributed by atoms with Gasteiger partial charge in [-0.15, -0.1) is 0 Å². The number of rotatable bonds is 6. The average Bonchev–Trinajstić information content (AvgIpc) is 2.36. The molecule has 4 nitrogen and oxygen atoms in total. The summed E-state index contributed by atoms with van der Waals surface area (Å²) in [5.41, 5.74) is 2.07. The van der Waals surface area contributed by atoms with E-state index in [-0.39, 0.29) is 6.61 Å². The van der Waals surface area contributed by atoms with Crippen molar-refractivity contribution in [1.29, 1.82) is 0 Å². The van der Waals surface area contributed by atoms with Gasteiger partial charge in [0.1, 0.15) is 0 Å². The van der Waals surface area contributed by atoms with Crippen LogP contribution in [0.1, 0.15) is 13.8 Å². The number of aliphatic hydroxyl groups is 1. The van der Waals surface area contributed by atoms with Crippen LogP contribution in [0.3, 0.4) is 0 Å². The van der Waals surface area contributed by atoms with E-state index in [4.69, 9.17) is 5.11 Å². The normalized spacial score (nSPS) is 19.6. The first-order valence-electron chi connectivity index (χ1n) is 6.56. The molecule has 18 heavy (non-hydrogen) atoms. The van der Waals surface area contributed by atoms with E-state index in [2.05, 4.69) is 27.4 Å². The van der Waals surface area contributed by atoms with Gasteiger partial charge in [-0.25, -0.2) is 0 Å². The zero-order valence-corrected chi connectivity index (χ0v) is 11.6. The number of aliphatic hydroxyl groups excluding tert-OH is 1. The van der Waals surface area contributed by atoms with Crippen LogP contribution in [0.4, 0.5) is 0 Å². The van der Waals surface area contributed by atoms with Crippen molar-refractivity contribution in [3.63, 3.8) is 0 Å². The van der Waals surface area contributed by atoms with Crippen LogP contribution < -0.4 is 0 Å². The summed E-state index contributed by atoms with van der Waals surface area (Å²) in [5.74, 6) is 0. The molecule has 1 rings (SSSR count). The average molecular weight is 251 g/mol. The van der Waals surface area contributed by atoms with Gasteiger partial charge >= 0.3 is 0 Å². The zero-order valence-electron chi connectivity index (χ0n) is 11.6. The molecule has 102 valence electrons. The smallest absolute Gasteiger partial charge is 0.0558 e. The van der Waals surface area contributed by atoms with Crippen molar-refractivity contribution in [2.45, 2.75) is 13.8 Å². The van der Waals surface area contributed by atoms with Gasteiger partial charge in [0.25, 0.3) is 0 Å². The maximum Gasteiger partial charge on any atom is 0.0558 e. The van der Waals surface area contributed by atoms with Gasteiger partial charge in [-0.3, -0.25) is 14.8 Å². The largest absolute Gasteiger partial charge is 0.395 e. The van der Waals surface area contributed by atoms with Crippen molar-refractivity contribution >= 4 is 6.21 Å². The Hall–Kier alpha value is -0.970. The van der Waals surface area contributed by atoms with Gasteiger partial charge in [0, 0.05) is 51.2 Å². The number of nitrogens with zero attached hydrogens (tertiary/aromatic N) is 3. The molecule has 0 radical (unpaired) electrons. The van der Waals surface area contributed by atoms with Crippen LogP contribution in [0.2, 0.25) is 0 Å². The Balaban J connectivity index is 2.37. The molecule has 0 spiro atoms. The Kier molecular flexibility index (Phi) is 6.86. The second-order valence-corrected chi connectivity index (χ2v) is 4.70. The molecule has 0 bridgehead atoms. The van der Waals surface area contributed by atoms with Gasteiger partial charge in [0.05, 0.1) is 6.61 Å². The molecule has 1 fully saturated rings. The second-order valence-electron chi connectivity index (χ2n) is 4.70. The maximum atomic E-state index is 8.90. The second kappa shape index (κ2) is 8.19. The molecule has 0 atom stereocenters. The van der Waals surface area contributed by atoms with Crippen molar-refractivity contribution in [2.24, 2.45) is 4.99 Å². The Labute approximate surface area is 110 Å². The first kappa shape index (κ1) is 15.1.